The Morgan fingerprint density at radius 1 is 1.11 bits per heavy atom. The van der Waals surface area contributed by atoms with Crippen molar-refractivity contribution in [3.63, 3.8) is 0 Å². The first kappa shape index (κ1) is 20.3. The van der Waals surface area contributed by atoms with Crippen LogP contribution >= 0.6 is 24.8 Å². The van der Waals surface area contributed by atoms with E-state index >= 15 is 0 Å². The summed E-state index contributed by atoms with van der Waals surface area (Å²) in [5, 5.41) is 2.89. The number of amides is 1. The minimum absolute atomic E-state index is 0. The molecule has 3 N–H and O–H groups in total. The summed E-state index contributed by atoms with van der Waals surface area (Å²) in [7, 11) is 0. The van der Waals surface area contributed by atoms with E-state index < -0.39 is 0 Å². The predicted molar refractivity (Wildman–Crippen MR) is 80.7 cm³/mol. The third kappa shape index (κ3) is 9.95. The Kier molecular flexibility index (Phi) is 15.1. The number of hydrogen-bond acceptors (Lipinski definition) is 3. The molecule has 0 unspecified atom stereocenters. The summed E-state index contributed by atoms with van der Waals surface area (Å²) >= 11 is 0. The van der Waals surface area contributed by atoms with Crippen LogP contribution in [0.3, 0.4) is 0 Å². The zero-order valence-corrected chi connectivity index (χ0v) is 12.7. The van der Waals surface area contributed by atoms with E-state index in [0.717, 1.165) is 19.5 Å². The molecule has 1 aliphatic heterocycles. The van der Waals surface area contributed by atoms with Crippen LogP contribution < -0.4 is 11.1 Å². The van der Waals surface area contributed by atoms with Gasteiger partial charge >= 0.3 is 0 Å². The van der Waals surface area contributed by atoms with Crippen molar-refractivity contribution in [3.8, 4) is 0 Å². The van der Waals surface area contributed by atoms with E-state index in [9.17, 15) is 4.79 Å². The summed E-state index contributed by atoms with van der Waals surface area (Å²) in [6, 6.07) is 0. The highest BCUT2D eigenvalue weighted by molar-refractivity contribution is 5.85. The first-order valence-electron chi connectivity index (χ1n) is 6.52. The van der Waals surface area contributed by atoms with Gasteiger partial charge in [-0.3, -0.25) is 4.79 Å². The molecule has 1 amide bonds. The molecule has 110 valence electrons. The van der Waals surface area contributed by atoms with Gasteiger partial charge in [-0.05, 0) is 38.9 Å². The van der Waals surface area contributed by atoms with Gasteiger partial charge in [0.15, 0.2) is 0 Å². The lowest BCUT2D eigenvalue weighted by Crippen LogP contribution is -2.31. The lowest BCUT2D eigenvalue weighted by Gasteiger charge is -2.19. The molecule has 1 aliphatic rings. The third-order valence-electron chi connectivity index (χ3n) is 3.04. The van der Waals surface area contributed by atoms with Gasteiger partial charge in [-0.25, -0.2) is 0 Å². The van der Waals surface area contributed by atoms with Gasteiger partial charge in [-0.1, -0.05) is 12.8 Å². The molecule has 1 rings (SSSR count). The van der Waals surface area contributed by atoms with E-state index in [4.69, 9.17) is 5.73 Å². The first-order chi connectivity index (χ1) is 7.83. The Labute approximate surface area is 123 Å². The van der Waals surface area contributed by atoms with Gasteiger partial charge in [0.2, 0.25) is 5.91 Å². The quantitative estimate of drug-likeness (QED) is 0.732. The molecule has 18 heavy (non-hydrogen) atoms. The Hall–Kier alpha value is -0.0300. The van der Waals surface area contributed by atoms with Gasteiger partial charge in [0.1, 0.15) is 0 Å². The Morgan fingerprint density at radius 3 is 2.28 bits per heavy atom. The van der Waals surface area contributed by atoms with Gasteiger partial charge in [-0.15, -0.1) is 24.8 Å². The molecule has 1 saturated heterocycles. The summed E-state index contributed by atoms with van der Waals surface area (Å²) in [6.45, 7) is 4.81. The van der Waals surface area contributed by atoms with Crippen molar-refractivity contribution in [1.82, 2.24) is 10.2 Å². The average Bonchev–Trinajstić information content (AvgIpc) is 2.53. The molecule has 0 aromatic heterocycles. The van der Waals surface area contributed by atoms with E-state index in [0.29, 0.717) is 13.0 Å². The molecular formula is C12H27Cl2N3O. The monoisotopic (exact) mass is 299 g/mol. The maximum atomic E-state index is 11.1. The second-order valence-corrected chi connectivity index (χ2v) is 4.50. The molecule has 4 nitrogen and oxygen atoms in total. The van der Waals surface area contributed by atoms with Gasteiger partial charge in [0.05, 0.1) is 0 Å². The number of rotatable bonds is 6. The SMILES string of the molecule is Cl.Cl.NCCC(=O)NCCCN1CCCCCC1. The van der Waals surface area contributed by atoms with Crippen molar-refractivity contribution in [2.45, 2.75) is 38.5 Å². The van der Waals surface area contributed by atoms with Gasteiger partial charge < -0.3 is 16.0 Å². The van der Waals surface area contributed by atoms with Crippen molar-refractivity contribution in [2.24, 2.45) is 5.73 Å². The molecule has 0 aromatic rings. The molecule has 0 spiro atoms. The van der Waals surface area contributed by atoms with Crippen LogP contribution in [0.4, 0.5) is 0 Å². The minimum Gasteiger partial charge on any atom is -0.356 e. The Bertz CT molecular complexity index is 198. The number of likely N-dealkylation sites (tertiary alicyclic amines) is 1. The molecule has 0 bridgehead atoms. The van der Waals surface area contributed by atoms with Crippen LogP contribution in [-0.2, 0) is 4.79 Å². The molecule has 1 fully saturated rings. The molecule has 6 heteroatoms. The smallest absolute Gasteiger partial charge is 0.221 e. The van der Waals surface area contributed by atoms with Crippen molar-refractivity contribution in [3.05, 3.63) is 0 Å². The van der Waals surface area contributed by atoms with Gasteiger partial charge in [0.25, 0.3) is 0 Å². The van der Waals surface area contributed by atoms with Crippen LogP contribution in [0.5, 0.6) is 0 Å². The van der Waals surface area contributed by atoms with E-state index in [1.165, 1.54) is 38.8 Å². The summed E-state index contributed by atoms with van der Waals surface area (Å²) in [5.74, 6) is 0.0818. The Balaban J connectivity index is 0. The maximum absolute atomic E-state index is 11.1. The van der Waals surface area contributed by atoms with Crippen LogP contribution in [0.1, 0.15) is 38.5 Å². The number of nitrogens with two attached hydrogens (primary N) is 1. The molecule has 0 atom stereocenters. The zero-order valence-electron chi connectivity index (χ0n) is 11.0. The van der Waals surface area contributed by atoms with Crippen molar-refractivity contribution in [1.29, 1.82) is 0 Å². The fourth-order valence-electron chi connectivity index (χ4n) is 2.11. The number of nitrogens with zero attached hydrogens (tertiary/aromatic N) is 1. The minimum atomic E-state index is 0. The van der Waals surface area contributed by atoms with Crippen LogP contribution in [-0.4, -0.2) is 43.5 Å². The highest BCUT2D eigenvalue weighted by atomic mass is 35.5. The predicted octanol–water partition coefficient (Wildman–Crippen LogP) is 1.56. The molecule has 1 heterocycles. The molecule has 0 aromatic carbocycles. The highest BCUT2D eigenvalue weighted by Crippen LogP contribution is 2.09. The number of carbonyl (C=O) groups excluding carboxylic acids is 1. The number of nitrogens with one attached hydrogen (secondary N) is 1. The van der Waals surface area contributed by atoms with Crippen LogP contribution in [0.2, 0.25) is 0 Å². The van der Waals surface area contributed by atoms with E-state index in [1.54, 1.807) is 0 Å². The Morgan fingerprint density at radius 2 is 1.72 bits per heavy atom. The first-order valence-corrected chi connectivity index (χ1v) is 6.52. The largest absolute Gasteiger partial charge is 0.356 e. The van der Waals surface area contributed by atoms with Crippen molar-refractivity contribution < 1.29 is 4.79 Å². The van der Waals surface area contributed by atoms with Crippen molar-refractivity contribution >= 4 is 30.7 Å². The normalized spacial score (nSPS) is 16.1. The number of hydrogen-bond donors (Lipinski definition) is 2. The topological polar surface area (TPSA) is 58.4 Å². The summed E-state index contributed by atoms with van der Waals surface area (Å²) in [4.78, 5) is 13.7. The zero-order chi connectivity index (χ0) is 11.6. The molecule has 0 saturated carbocycles. The van der Waals surface area contributed by atoms with Crippen LogP contribution in [0.25, 0.3) is 0 Å². The summed E-state index contributed by atoms with van der Waals surface area (Å²) in [5.41, 5.74) is 5.30. The summed E-state index contributed by atoms with van der Waals surface area (Å²) < 4.78 is 0. The fourth-order valence-corrected chi connectivity index (χ4v) is 2.11. The van der Waals surface area contributed by atoms with E-state index in [1.807, 2.05) is 0 Å². The highest BCUT2D eigenvalue weighted by Gasteiger charge is 2.08. The van der Waals surface area contributed by atoms with E-state index in [2.05, 4.69) is 10.2 Å². The fraction of sp³-hybridized carbons (Fsp3) is 0.917. The summed E-state index contributed by atoms with van der Waals surface area (Å²) in [6.07, 6.45) is 6.92. The average molecular weight is 300 g/mol. The second kappa shape index (κ2) is 13.4. The second-order valence-electron chi connectivity index (χ2n) is 4.50. The van der Waals surface area contributed by atoms with Crippen LogP contribution in [0, 0.1) is 0 Å². The third-order valence-corrected chi connectivity index (χ3v) is 3.04. The van der Waals surface area contributed by atoms with Gasteiger partial charge in [-0.2, -0.15) is 0 Å². The van der Waals surface area contributed by atoms with Gasteiger partial charge in [0, 0.05) is 19.5 Å². The van der Waals surface area contributed by atoms with Crippen LogP contribution in [0.15, 0.2) is 0 Å². The van der Waals surface area contributed by atoms with Crippen molar-refractivity contribution in [2.75, 3.05) is 32.7 Å². The van der Waals surface area contributed by atoms with E-state index in [-0.39, 0.29) is 30.7 Å². The standard InChI is InChI=1S/C12H25N3O.2ClH/c13-7-6-12(16)14-8-5-11-15-9-3-1-2-4-10-15;;/h1-11,13H2,(H,14,16);2*1H. The lowest BCUT2D eigenvalue weighted by molar-refractivity contribution is -0.120. The number of carbonyl (C=O) groups is 1. The molecular weight excluding hydrogens is 273 g/mol. The number of halogens is 2. The molecule has 0 aliphatic carbocycles. The lowest BCUT2D eigenvalue weighted by atomic mass is 10.2. The molecule has 0 radical (unpaired) electrons. The maximum Gasteiger partial charge on any atom is 0.221 e.